The minimum Gasteiger partial charge on any atom is -0.298 e. The minimum atomic E-state index is 0.448. The lowest BCUT2D eigenvalue weighted by atomic mass is 10.0. The van der Waals surface area contributed by atoms with Crippen LogP contribution in [-0.2, 0) is 5.75 Å². The molecular formula is C9H9N3OS. The lowest BCUT2D eigenvalue weighted by Gasteiger charge is -2.06. The SMILES string of the molecule is Cc1c(C=O)cc(N=[N+]=[N-])cc1CS. The minimum absolute atomic E-state index is 0.448. The van der Waals surface area contributed by atoms with Crippen molar-refractivity contribution in [3.63, 3.8) is 0 Å². The Labute approximate surface area is 87.0 Å². The summed E-state index contributed by atoms with van der Waals surface area (Å²) in [5.41, 5.74) is 11.0. The van der Waals surface area contributed by atoms with Crippen LogP contribution in [0.5, 0.6) is 0 Å². The third-order valence-corrected chi connectivity index (χ3v) is 2.34. The predicted octanol–water partition coefficient (Wildman–Crippen LogP) is 3.18. The summed E-state index contributed by atoms with van der Waals surface area (Å²) >= 11 is 4.13. The number of rotatable bonds is 3. The molecule has 0 bridgehead atoms. The van der Waals surface area contributed by atoms with Gasteiger partial charge in [0, 0.05) is 21.9 Å². The highest BCUT2D eigenvalue weighted by Crippen LogP contribution is 2.22. The van der Waals surface area contributed by atoms with E-state index < -0.39 is 0 Å². The summed E-state index contributed by atoms with van der Waals surface area (Å²) in [7, 11) is 0. The Morgan fingerprint density at radius 1 is 1.64 bits per heavy atom. The van der Waals surface area contributed by atoms with Gasteiger partial charge in [-0.15, -0.1) is 0 Å². The number of carbonyl (C=O) groups excluding carboxylic acids is 1. The second-order valence-electron chi connectivity index (χ2n) is 2.78. The molecule has 1 aromatic rings. The molecule has 1 rings (SSSR count). The number of aldehydes is 1. The van der Waals surface area contributed by atoms with Gasteiger partial charge in [-0.3, -0.25) is 4.79 Å². The molecular weight excluding hydrogens is 198 g/mol. The fraction of sp³-hybridized carbons (Fsp3) is 0.222. The third kappa shape index (κ3) is 2.07. The van der Waals surface area contributed by atoms with E-state index in [0.717, 1.165) is 17.4 Å². The van der Waals surface area contributed by atoms with Crippen LogP contribution in [-0.4, -0.2) is 6.29 Å². The van der Waals surface area contributed by atoms with Gasteiger partial charge in [0.1, 0.15) is 6.29 Å². The maximum absolute atomic E-state index is 10.7. The van der Waals surface area contributed by atoms with Crippen LogP contribution in [0.25, 0.3) is 10.4 Å². The number of thiol groups is 1. The topological polar surface area (TPSA) is 65.8 Å². The summed E-state index contributed by atoms with van der Waals surface area (Å²) in [6, 6.07) is 3.30. The van der Waals surface area contributed by atoms with E-state index in [9.17, 15) is 4.79 Å². The number of hydrogen-bond donors (Lipinski definition) is 1. The van der Waals surface area contributed by atoms with Crippen LogP contribution in [0.4, 0.5) is 5.69 Å². The van der Waals surface area contributed by atoms with Crippen LogP contribution in [0.2, 0.25) is 0 Å². The van der Waals surface area contributed by atoms with E-state index in [1.54, 1.807) is 12.1 Å². The van der Waals surface area contributed by atoms with Gasteiger partial charge in [0.05, 0.1) is 0 Å². The number of benzene rings is 1. The number of azide groups is 1. The van der Waals surface area contributed by atoms with Crippen LogP contribution in [0.1, 0.15) is 21.5 Å². The van der Waals surface area contributed by atoms with E-state index in [2.05, 4.69) is 22.7 Å². The highest BCUT2D eigenvalue weighted by molar-refractivity contribution is 7.79. The van der Waals surface area contributed by atoms with Gasteiger partial charge in [-0.05, 0) is 35.7 Å². The lowest BCUT2D eigenvalue weighted by molar-refractivity contribution is 0.112. The largest absolute Gasteiger partial charge is 0.298 e. The molecule has 0 heterocycles. The van der Waals surface area contributed by atoms with Crippen LogP contribution in [0.15, 0.2) is 17.2 Å². The first-order valence-electron chi connectivity index (χ1n) is 3.97. The Bertz CT molecular complexity index is 411. The van der Waals surface area contributed by atoms with Crippen molar-refractivity contribution in [2.75, 3.05) is 0 Å². The van der Waals surface area contributed by atoms with Gasteiger partial charge in [-0.25, -0.2) is 0 Å². The van der Waals surface area contributed by atoms with Crippen molar-refractivity contribution in [2.45, 2.75) is 12.7 Å². The molecule has 72 valence electrons. The zero-order valence-electron chi connectivity index (χ0n) is 7.64. The molecule has 0 unspecified atom stereocenters. The Hall–Kier alpha value is -1.45. The molecule has 0 aromatic heterocycles. The monoisotopic (exact) mass is 207 g/mol. The van der Waals surface area contributed by atoms with Crippen LogP contribution in [0.3, 0.4) is 0 Å². The summed E-state index contributed by atoms with van der Waals surface area (Å²) in [6.45, 7) is 1.84. The number of carbonyl (C=O) groups is 1. The molecule has 0 aliphatic carbocycles. The second-order valence-corrected chi connectivity index (χ2v) is 3.10. The molecule has 0 amide bonds. The molecule has 14 heavy (non-hydrogen) atoms. The maximum atomic E-state index is 10.7. The Kier molecular flexibility index (Phi) is 3.56. The fourth-order valence-corrected chi connectivity index (χ4v) is 1.51. The summed E-state index contributed by atoms with van der Waals surface area (Å²) in [4.78, 5) is 13.4. The predicted molar refractivity (Wildman–Crippen MR) is 58.1 cm³/mol. The third-order valence-electron chi connectivity index (χ3n) is 2.00. The molecule has 4 nitrogen and oxygen atoms in total. The Balaban J connectivity index is 3.38. The van der Waals surface area contributed by atoms with Crippen molar-refractivity contribution >= 4 is 24.6 Å². The van der Waals surface area contributed by atoms with Crippen LogP contribution < -0.4 is 0 Å². The lowest BCUT2D eigenvalue weighted by Crippen LogP contribution is -1.91. The van der Waals surface area contributed by atoms with Gasteiger partial charge in [-0.2, -0.15) is 12.6 Å². The van der Waals surface area contributed by atoms with Crippen molar-refractivity contribution in [1.82, 2.24) is 0 Å². The molecule has 0 atom stereocenters. The molecule has 0 fully saturated rings. The number of nitrogens with zero attached hydrogens (tertiary/aromatic N) is 3. The number of hydrogen-bond acceptors (Lipinski definition) is 3. The summed E-state index contributed by atoms with van der Waals surface area (Å²) in [6.07, 6.45) is 0.749. The van der Waals surface area contributed by atoms with Gasteiger partial charge < -0.3 is 0 Å². The van der Waals surface area contributed by atoms with E-state index in [-0.39, 0.29) is 0 Å². The van der Waals surface area contributed by atoms with Crippen molar-refractivity contribution in [1.29, 1.82) is 0 Å². The normalized spacial score (nSPS) is 9.29. The van der Waals surface area contributed by atoms with Gasteiger partial charge in [-0.1, -0.05) is 5.11 Å². The second kappa shape index (κ2) is 4.69. The van der Waals surface area contributed by atoms with Crippen molar-refractivity contribution < 1.29 is 4.79 Å². The van der Waals surface area contributed by atoms with E-state index in [1.165, 1.54) is 0 Å². The summed E-state index contributed by atoms with van der Waals surface area (Å²) in [5.74, 6) is 0.515. The summed E-state index contributed by atoms with van der Waals surface area (Å²) < 4.78 is 0. The quantitative estimate of drug-likeness (QED) is 0.267. The molecule has 0 N–H and O–H groups in total. The van der Waals surface area contributed by atoms with Gasteiger partial charge in [0.25, 0.3) is 0 Å². The molecule has 0 aliphatic heterocycles. The molecule has 1 aromatic carbocycles. The maximum Gasteiger partial charge on any atom is 0.150 e. The average Bonchev–Trinajstić information content (AvgIpc) is 2.20. The molecule has 0 aliphatic rings. The molecule has 0 spiro atoms. The van der Waals surface area contributed by atoms with Gasteiger partial charge >= 0.3 is 0 Å². The first kappa shape index (κ1) is 10.6. The Morgan fingerprint density at radius 3 is 2.86 bits per heavy atom. The van der Waals surface area contributed by atoms with E-state index >= 15 is 0 Å². The van der Waals surface area contributed by atoms with Crippen molar-refractivity contribution in [3.8, 4) is 0 Å². The van der Waals surface area contributed by atoms with Crippen molar-refractivity contribution in [2.24, 2.45) is 5.11 Å². The van der Waals surface area contributed by atoms with Crippen molar-refractivity contribution in [3.05, 3.63) is 39.3 Å². The Morgan fingerprint density at radius 2 is 2.36 bits per heavy atom. The molecule has 0 radical (unpaired) electrons. The average molecular weight is 207 g/mol. The van der Waals surface area contributed by atoms with E-state index in [1.807, 2.05) is 6.92 Å². The fourth-order valence-electron chi connectivity index (χ4n) is 1.18. The zero-order valence-corrected chi connectivity index (χ0v) is 8.53. The standard InChI is InChI=1S/C9H9N3OS/c1-6-7(4-13)2-9(11-12-10)3-8(6)5-14/h2-4,14H,5H2,1H3. The molecule has 5 heteroatoms. The summed E-state index contributed by atoms with van der Waals surface area (Å²) in [5, 5.41) is 3.45. The van der Waals surface area contributed by atoms with Crippen LogP contribution in [0, 0.1) is 6.92 Å². The van der Waals surface area contributed by atoms with Crippen LogP contribution >= 0.6 is 12.6 Å². The highest BCUT2D eigenvalue weighted by Gasteiger charge is 2.04. The van der Waals surface area contributed by atoms with E-state index in [4.69, 9.17) is 5.53 Å². The van der Waals surface area contributed by atoms with Gasteiger partial charge in [0.2, 0.25) is 0 Å². The van der Waals surface area contributed by atoms with E-state index in [0.29, 0.717) is 17.0 Å². The molecule has 0 saturated heterocycles. The molecule has 0 saturated carbocycles. The highest BCUT2D eigenvalue weighted by atomic mass is 32.1. The van der Waals surface area contributed by atoms with Gasteiger partial charge in [0.15, 0.2) is 0 Å². The smallest absolute Gasteiger partial charge is 0.150 e. The zero-order chi connectivity index (χ0) is 10.6. The first-order valence-corrected chi connectivity index (χ1v) is 4.60. The first-order chi connectivity index (χ1) is 6.72.